The standard InChI is InChI=1S/C21H23N7O/c22-14-5-1-2-6-15(14)25-17-10-13-11-24-28-21(29)18(13)20(27-17)26-16-7-3-4-12-8-9-23-19(12)16/h3-4,7-11,14-15,23H,1-2,5-6,22H2,(H,28,29)(H2,25,26,27). The number of nitrogens with two attached hydrogens (primary N) is 1. The molecular formula is C21H23N7O. The zero-order chi connectivity index (χ0) is 19.8. The van der Waals surface area contributed by atoms with Gasteiger partial charge in [0.15, 0.2) is 0 Å². The summed E-state index contributed by atoms with van der Waals surface area (Å²) < 4.78 is 0. The number of hydrogen-bond acceptors (Lipinski definition) is 6. The molecule has 29 heavy (non-hydrogen) atoms. The lowest BCUT2D eigenvalue weighted by atomic mass is 9.91. The van der Waals surface area contributed by atoms with Gasteiger partial charge in [-0.05, 0) is 31.0 Å². The molecule has 1 aliphatic rings. The average molecular weight is 389 g/mol. The van der Waals surface area contributed by atoms with E-state index >= 15 is 0 Å². The molecule has 1 fully saturated rings. The first-order chi connectivity index (χ1) is 14.2. The van der Waals surface area contributed by atoms with Crippen molar-refractivity contribution >= 4 is 39.0 Å². The highest BCUT2D eigenvalue weighted by Crippen LogP contribution is 2.29. The number of para-hydroxylation sites is 1. The fraction of sp³-hybridized carbons (Fsp3) is 0.286. The number of H-pyrrole nitrogens is 2. The van der Waals surface area contributed by atoms with Crippen LogP contribution in [0.4, 0.5) is 17.3 Å². The third-order valence-electron chi connectivity index (χ3n) is 5.64. The molecule has 148 valence electrons. The molecule has 1 saturated carbocycles. The van der Waals surface area contributed by atoms with Crippen molar-refractivity contribution in [3.63, 3.8) is 0 Å². The van der Waals surface area contributed by atoms with Gasteiger partial charge < -0.3 is 21.4 Å². The van der Waals surface area contributed by atoms with Gasteiger partial charge in [0.05, 0.1) is 22.8 Å². The summed E-state index contributed by atoms with van der Waals surface area (Å²) in [4.78, 5) is 20.5. The minimum absolute atomic E-state index is 0.0997. The van der Waals surface area contributed by atoms with Crippen LogP contribution in [0.25, 0.3) is 21.7 Å². The summed E-state index contributed by atoms with van der Waals surface area (Å²) in [6, 6.07) is 10.1. The van der Waals surface area contributed by atoms with E-state index in [2.05, 4.69) is 25.8 Å². The quantitative estimate of drug-likeness (QED) is 0.365. The Bertz CT molecular complexity index is 1230. The molecule has 0 aliphatic heterocycles. The molecule has 6 N–H and O–H groups in total. The zero-order valence-corrected chi connectivity index (χ0v) is 15.9. The van der Waals surface area contributed by atoms with Crippen molar-refractivity contribution < 1.29 is 0 Å². The number of aromatic amines is 2. The number of hydrogen-bond donors (Lipinski definition) is 5. The normalized spacial score (nSPS) is 19.5. The Morgan fingerprint density at radius 3 is 2.93 bits per heavy atom. The van der Waals surface area contributed by atoms with E-state index in [1.807, 2.05) is 36.5 Å². The van der Waals surface area contributed by atoms with Gasteiger partial charge in [0.25, 0.3) is 5.56 Å². The van der Waals surface area contributed by atoms with Crippen molar-refractivity contribution in [2.75, 3.05) is 10.6 Å². The van der Waals surface area contributed by atoms with E-state index in [-0.39, 0.29) is 17.6 Å². The summed E-state index contributed by atoms with van der Waals surface area (Å²) in [5, 5.41) is 15.6. The summed E-state index contributed by atoms with van der Waals surface area (Å²) in [7, 11) is 0. The first-order valence-corrected chi connectivity index (χ1v) is 9.93. The number of benzene rings is 1. The number of fused-ring (bicyclic) bond motifs is 2. The van der Waals surface area contributed by atoms with Crippen LogP contribution >= 0.6 is 0 Å². The number of nitrogens with one attached hydrogen (secondary N) is 4. The fourth-order valence-electron chi connectivity index (χ4n) is 4.13. The first-order valence-electron chi connectivity index (χ1n) is 9.93. The van der Waals surface area contributed by atoms with Crippen molar-refractivity contribution in [1.29, 1.82) is 0 Å². The summed E-state index contributed by atoms with van der Waals surface area (Å²) in [6.07, 6.45) is 7.87. The third kappa shape index (κ3) is 3.31. The Kier molecular flexibility index (Phi) is 4.40. The molecule has 2 unspecified atom stereocenters. The van der Waals surface area contributed by atoms with E-state index in [9.17, 15) is 4.79 Å². The monoisotopic (exact) mass is 389 g/mol. The molecule has 0 spiro atoms. The Morgan fingerprint density at radius 2 is 2.03 bits per heavy atom. The van der Waals surface area contributed by atoms with Crippen LogP contribution < -0.4 is 21.9 Å². The summed E-state index contributed by atoms with van der Waals surface area (Å²) in [5.41, 5.74) is 7.83. The maximum absolute atomic E-state index is 12.5. The second-order valence-corrected chi connectivity index (χ2v) is 7.59. The van der Waals surface area contributed by atoms with Crippen LogP contribution in [0.5, 0.6) is 0 Å². The Morgan fingerprint density at radius 1 is 1.14 bits per heavy atom. The van der Waals surface area contributed by atoms with Gasteiger partial charge in [0.1, 0.15) is 11.6 Å². The minimum Gasteiger partial charge on any atom is -0.366 e. The van der Waals surface area contributed by atoms with Gasteiger partial charge in [-0.3, -0.25) is 4.79 Å². The van der Waals surface area contributed by atoms with Gasteiger partial charge in [0.2, 0.25) is 0 Å². The van der Waals surface area contributed by atoms with Gasteiger partial charge in [-0.15, -0.1) is 0 Å². The van der Waals surface area contributed by atoms with E-state index in [1.54, 1.807) is 6.20 Å². The van der Waals surface area contributed by atoms with Crippen molar-refractivity contribution in [2.24, 2.45) is 5.73 Å². The van der Waals surface area contributed by atoms with Crippen LogP contribution in [0, 0.1) is 0 Å². The van der Waals surface area contributed by atoms with Gasteiger partial charge in [-0.25, -0.2) is 10.1 Å². The van der Waals surface area contributed by atoms with Crippen molar-refractivity contribution in [3.05, 3.63) is 53.1 Å². The molecular weight excluding hydrogens is 366 g/mol. The van der Waals surface area contributed by atoms with Gasteiger partial charge >= 0.3 is 0 Å². The van der Waals surface area contributed by atoms with E-state index < -0.39 is 0 Å². The fourth-order valence-corrected chi connectivity index (χ4v) is 4.13. The maximum Gasteiger partial charge on any atom is 0.275 e. The molecule has 2 atom stereocenters. The molecule has 8 heteroatoms. The highest BCUT2D eigenvalue weighted by Gasteiger charge is 2.22. The smallest absolute Gasteiger partial charge is 0.275 e. The summed E-state index contributed by atoms with van der Waals surface area (Å²) in [5.74, 6) is 1.17. The van der Waals surface area contributed by atoms with Crippen LogP contribution in [0.1, 0.15) is 25.7 Å². The lowest BCUT2D eigenvalue weighted by Crippen LogP contribution is -2.42. The Hall–Kier alpha value is -3.39. The number of rotatable bonds is 4. The Labute approximate surface area is 166 Å². The number of aromatic nitrogens is 4. The van der Waals surface area contributed by atoms with Crippen LogP contribution in [0.15, 0.2) is 47.5 Å². The summed E-state index contributed by atoms with van der Waals surface area (Å²) in [6.45, 7) is 0. The second-order valence-electron chi connectivity index (χ2n) is 7.59. The van der Waals surface area contributed by atoms with E-state index in [0.29, 0.717) is 17.0 Å². The van der Waals surface area contributed by atoms with E-state index in [0.717, 1.165) is 47.7 Å². The van der Waals surface area contributed by atoms with Crippen LogP contribution in [-0.4, -0.2) is 32.2 Å². The zero-order valence-electron chi connectivity index (χ0n) is 15.9. The van der Waals surface area contributed by atoms with Crippen molar-refractivity contribution in [2.45, 2.75) is 37.8 Å². The third-order valence-corrected chi connectivity index (χ3v) is 5.64. The van der Waals surface area contributed by atoms with Gasteiger partial charge in [0, 0.05) is 29.1 Å². The van der Waals surface area contributed by atoms with Crippen LogP contribution in [0.3, 0.4) is 0 Å². The van der Waals surface area contributed by atoms with Crippen molar-refractivity contribution in [3.8, 4) is 0 Å². The topological polar surface area (TPSA) is 125 Å². The molecule has 0 radical (unpaired) electrons. The lowest BCUT2D eigenvalue weighted by molar-refractivity contribution is 0.403. The second kappa shape index (κ2) is 7.21. The molecule has 5 rings (SSSR count). The van der Waals surface area contributed by atoms with E-state index in [4.69, 9.17) is 10.7 Å². The molecule has 3 aromatic heterocycles. The molecule has 1 aromatic carbocycles. The van der Waals surface area contributed by atoms with E-state index in [1.165, 1.54) is 0 Å². The maximum atomic E-state index is 12.5. The van der Waals surface area contributed by atoms with Crippen LogP contribution in [0.2, 0.25) is 0 Å². The lowest BCUT2D eigenvalue weighted by Gasteiger charge is -2.30. The first kappa shape index (κ1) is 17.7. The summed E-state index contributed by atoms with van der Waals surface area (Å²) >= 11 is 0. The highest BCUT2D eigenvalue weighted by atomic mass is 16.1. The van der Waals surface area contributed by atoms with Gasteiger partial charge in [-0.2, -0.15) is 5.10 Å². The number of nitrogens with zero attached hydrogens (tertiary/aromatic N) is 2. The predicted molar refractivity (Wildman–Crippen MR) is 116 cm³/mol. The van der Waals surface area contributed by atoms with Gasteiger partial charge in [-0.1, -0.05) is 25.0 Å². The Balaban J connectivity index is 1.59. The SMILES string of the molecule is NC1CCCCC1Nc1cc2cn[nH]c(=O)c2c(Nc2cccc3cc[nH]c23)n1. The molecule has 3 heterocycles. The average Bonchev–Trinajstić information content (AvgIpc) is 3.20. The molecule has 8 nitrogen and oxygen atoms in total. The minimum atomic E-state index is -0.280. The van der Waals surface area contributed by atoms with Crippen LogP contribution in [-0.2, 0) is 0 Å². The molecule has 0 bridgehead atoms. The largest absolute Gasteiger partial charge is 0.366 e. The number of anilines is 3. The number of pyridine rings is 1. The highest BCUT2D eigenvalue weighted by molar-refractivity contribution is 5.98. The predicted octanol–water partition coefficient (Wildman–Crippen LogP) is 3.22. The molecule has 1 aliphatic carbocycles. The molecule has 4 aromatic rings. The molecule has 0 saturated heterocycles. The molecule has 0 amide bonds. The van der Waals surface area contributed by atoms with Crippen molar-refractivity contribution in [1.82, 2.24) is 20.2 Å².